The second kappa shape index (κ2) is 7.09. The van der Waals surface area contributed by atoms with Crippen molar-refractivity contribution < 1.29 is 14.9 Å². The lowest BCUT2D eigenvalue weighted by Crippen LogP contribution is -2.15. The first-order chi connectivity index (χ1) is 7.77. The Morgan fingerprint density at radius 1 is 1.31 bits per heavy atom. The molecular formula is C12H19NO3. The number of methoxy groups -OCH3 is 1. The Morgan fingerprint density at radius 2 is 2.12 bits per heavy atom. The van der Waals surface area contributed by atoms with Gasteiger partial charge in [0.2, 0.25) is 0 Å². The first kappa shape index (κ1) is 12.8. The fraction of sp³-hybridized carbons (Fsp3) is 0.500. The predicted octanol–water partition coefficient (Wildman–Crippen LogP) is 1.26. The lowest BCUT2D eigenvalue weighted by atomic mass is 10.2. The van der Waals surface area contributed by atoms with Crippen LogP contribution in [0, 0.1) is 0 Å². The van der Waals surface area contributed by atoms with Gasteiger partial charge in [0.25, 0.3) is 0 Å². The molecule has 3 N–H and O–H groups in total. The van der Waals surface area contributed by atoms with Crippen molar-refractivity contribution in [3.63, 3.8) is 0 Å². The Labute approximate surface area is 95.9 Å². The van der Waals surface area contributed by atoms with E-state index < -0.39 is 0 Å². The molecule has 90 valence electrons. The van der Waals surface area contributed by atoms with Gasteiger partial charge in [-0.1, -0.05) is 0 Å². The summed E-state index contributed by atoms with van der Waals surface area (Å²) in [6, 6.07) is 5.17. The molecule has 0 atom stereocenters. The second-order valence-corrected chi connectivity index (χ2v) is 3.60. The third kappa shape index (κ3) is 4.08. The summed E-state index contributed by atoms with van der Waals surface area (Å²) >= 11 is 0. The molecule has 0 aliphatic carbocycles. The molecule has 4 heteroatoms. The number of benzene rings is 1. The van der Waals surface area contributed by atoms with Crippen LogP contribution in [0.3, 0.4) is 0 Å². The Bertz CT molecular complexity index is 315. The van der Waals surface area contributed by atoms with Crippen molar-refractivity contribution in [3.05, 3.63) is 23.8 Å². The molecule has 1 aromatic rings. The summed E-state index contributed by atoms with van der Waals surface area (Å²) in [7, 11) is 1.60. The highest BCUT2D eigenvalue weighted by atomic mass is 16.5. The maximum Gasteiger partial charge on any atom is 0.120 e. The van der Waals surface area contributed by atoms with Crippen LogP contribution in [0.2, 0.25) is 0 Å². The molecule has 4 nitrogen and oxygen atoms in total. The lowest BCUT2D eigenvalue weighted by molar-refractivity contribution is 0.283. The van der Waals surface area contributed by atoms with Gasteiger partial charge in [-0.15, -0.1) is 0 Å². The zero-order valence-electron chi connectivity index (χ0n) is 9.57. The highest BCUT2D eigenvalue weighted by Crippen LogP contribution is 2.22. The minimum atomic E-state index is 0.228. The van der Waals surface area contributed by atoms with Crippen molar-refractivity contribution in [1.29, 1.82) is 0 Å². The summed E-state index contributed by atoms with van der Waals surface area (Å²) in [5, 5.41) is 21.4. The Balaban J connectivity index is 2.40. The quantitative estimate of drug-likeness (QED) is 0.611. The van der Waals surface area contributed by atoms with Gasteiger partial charge in [-0.2, -0.15) is 0 Å². The van der Waals surface area contributed by atoms with Crippen molar-refractivity contribution >= 4 is 0 Å². The van der Waals surface area contributed by atoms with Crippen LogP contribution >= 0.6 is 0 Å². The number of unbranched alkanes of at least 4 members (excludes halogenated alkanes) is 1. The molecule has 0 amide bonds. The monoisotopic (exact) mass is 225 g/mol. The van der Waals surface area contributed by atoms with Gasteiger partial charge in [0.05, 0.1) is 7.11 Å². The standard InChI is InChI=1S/C12H19NO3/c1-16-11-4-5-12(15)10(8-11)9-13-6-2-3-7-14/h4-5,8,13-15H,2-3,6-7,9H2,1H3. The number of aromatic hydroxyl groups is 1. The van der Waals surface area contributed by atoms with E-state index in [1.54, 1.807) is 19.2 Å². The van der Waals surface area contributed by atoms with E-state index in [4.69, 9.17) is 9.84 Å². The van der Waals surface area contributed by atoms with Crippen LogP contribution in [0.25, 0.3) is 0 Å². The molecule has 0 saturated carbocycles. The van der Waals surface area contributed by atoms with E-state index in [9.17, 15) is 5.11 Å². The Kier molecular flexibility index (Phi) is 5.67. The van der Waals surface area contributed by atoms with E-state index in [-0.39, 0.29) is 12.4 Å². The number of hydrogen-bond acceptors (Lipinski definition) is 4. The van der Waals surface area contributed by atoms with Crippen LogP contribution in [-0.4, -0.2) is 30.5 Å². The Morgan fingerprint density at radius 3 is 2.81 bits per heavy atom. The smallest absolute Gasteiger partial charge is 0.120 e. The fourth-order valence-electron chi connectivity index (χ4n) is 1.42. The summed E-state index contributed by atoms with van der Waals surface area (Å²) in [5.41, 5.74) is 0.823. The zero-order valence-corrected chi connectivity index (χ0v) is 9.57. The number of rotatable bonds is 7. The second-order valence-electron chi connectivity index (χ2n) is 3.60. The van der Waals surface area contributed by atoms with Gasteiger partial charge in [-0.3, -0.25) is 0 Å². The topological polar surface area (TPSA) is 61.7 Å². The number of phenolic OH excluding ortho intramolecular Hbond substituents is 1. The van der Waals surface area contributed by atoms with Crippen molar-refractivity contribution in [3.8, 4) is 11.5 Å². The molecule has 0 bridgehead atoms. The third-order valence-electron chi connectivity index (χ3n) is 2.36. The molecule has 0 fully saturated rings. The molecule has 0 aliphatic rings. The zero-order chi connectivity index (χ0) is 11.8. The number of aliphatic hydroxyl groups is 1. The van der Waals surface area contributed by atoms with Gasteiger partial charge in [0, 0.05) is 18.7 Å². The van der Waals surface area contributed by atoms with Gasteiger partial charge in [0.15, 0.2) is 0 Å². The molecule has 1 rings (SSSR count). The molecule has 0 saturated heterocycles. The van der Waals surface area contributed by atoms with Crippen LogP contribution in [0.15, 0.2) is 18.2 Å². The van der Waals surface area contributed by atoms with E-state index in [2.05, 4.69) is 5.32 Å². The summed E-state index contributed by atoms with van der Waals surface area (Å²) in [6.07, 6.45) is 1.73. The van der Waals surface area contributed by atoms with E-state index >= 15 is 0 Å². The molecule has 0 spiro atoms. The lowest BCUT2D eigenvalue weighted by Gasteiger charge is -2.08. The van der Waals surface area contributed by atoms with Crippen molar-refractivity contribution in [2.45, 2.75) is 19.4 Å². The summed E-state index contributed by atoms with van der Waals surface area (Å²) in [4.78, 5) is 0. The van der Waals surface area contributed by atoms with E-state index in [1.165, 1.54) is 0 Å². The molecule has 0 heterocycles. The first-order valence-corrected chi connectivity index (χ1v) is 5.45. The Hall–Kier alpha value is -1.26. The maximum atomic E-state index is 9.60. The average Bonchev–Trinajstić information content (AvgIpc) is 2.31. The fourth-order valence-corrected chi connectivity index (χ4v) is 1.42. The van der Waals surface area contributed by atoms with E-state index in [0.717, 1.165) is 30.7 Å². The highest BCUT2D eigenvalue weighted by Gasteiger charge is 2.02. The van der Waals surface area contributed by atoms with Crippen LogP contribution in [-0.2, 0) is 6.54 Å². The highest BCUT2D eigenvalue weighted by molar-refractivity contribution is 5.39. The molecule has 0 unspecified atom stereocenters. The van der Waals surface area contributed by atoms with Gasteiger partial charge < -0.3 is 20.3 Å². The largest absolute Gasteiger partial charge is 0.508 e. The molecule has 1 aromatic carbocycles. The number of nitrogens with one attached hydrogen (secondary N) is 1. The molecule has 0 radical (unpaired) electrons. The van der Waals surface area contributed by atoms with Crippen LogP contribution < -0.4 is 10.1 Å². The van der Waals surface area contributed by atoms with Crippen molar-refractivity contribution in [1.82, 2.24) is 5.32 Å². The van der Waals surface area contributed by atoms with Gasteiger partial charge >= 0.3 is 0 Å². The first-order valence-electron chi connectivity index (χ1n) is 5.45. The van der Waals surface area contributed by atoms with Gasteiger partial charge in [-0.05, 0) is 37.6 Å². The summed E-state index contributed by atoms with van der Waals surface area (Å²) in [6.45, 7) is 1.66. The molecule has 0 aliphatic heterocycles. The third-order valence-corrected chi connectivity index (χ3v) is 2.36. The van der Waals surface area contributed by atoms with E-state index in [0.29, 0.717) is 6.54 Å². The number of hydrogen-bond donors (Lipinski definition) is 3. The van der Waals surface area contributed by atoms with Crippen molar-refractivity contribution in [2.75, 3.05) is 20.3 Å². The minimum Gasteiger partial charge on any atom is -0.508 e. The molecule has 0 aromatic heterocycles. The minimum absolute atomic E-state index is 0.228. The van der Waals surface area contributed by atoms with E-state index in [1.807, 2.05) is 6.07 Å². The van der Waals surface area contributed by atoms with Crippen LogP contribution in [0.4, 0.5) is 0 Å². The average molecular weight is 225 g/mol. The molecular weight excluding hydrogens is 206 g/mol. The van der Waals surface area contributed by atoms with Crippen LogP contribution in [0.1, 0.15) is 18.4 Å². The SMILES string of the molecule is COc1ccc(O)c(CNCCCCO)c1. The molecule has 16 heavy (non-hydrogen) atoms. The summed E-state index contributed by atoms with van der Waals surface area (Å²) < 4.78 is 5.08. The summed E-state index contributed by atoms with van der Waals surface area (Å²) in [5.74, 6) is 1.01. The normalized spacial score (nSPS) is 10.4. The van der Waals surface area contributed by atoms with Crippen molar-refractivity contribution in [2.24, 2.45) is 0 Å². The maximum absolute atomic E-state index is 9.60. The van der Waals surface area contributed by atoms with Gasteiger partial charge in [0.1, 0.15) is 11.5 Å². The number of ether oxygens (including phenoxy) is 1. The predicted molar refractivity (Wildman–Crippen MR) is 62.7 cm³/mol. The number of phenols is 1. The van der Waals surface area contributed by atoms with Crippen LogP contribution in [0.5, 0.6) is 11.5 Å². The number of aliphatic hydroxyl groups excluding tert-OH is 1. The van der Waals surface area contributed by atoms with Gasteiger partial charge in [-0.25, -0.2) is 0 Å².